The second-order valence-electron chi connectivity index (χ2n) is 3.46. The number of aromatic nitrogens is 1. The summed E-state index contributed by atoms with van der Waals surface area (Å²) in [5.41, 5.74) is 0.833. The molecule has 0 aliphatic carbocycles. The van der Waals surface area contributed by atoms with E-state index in [2.05, 4.69) is 15.0 Å². The Bertz CT molecular complexity index is 584. The normalized spacial score (nSPS) is 10.3. The molecule has 2 rings (SSSR count). The molecule has 0 amide bonds. The fourth-order valence-corrected chi connectivity index (χ4v) is 1.60. The number of rotatable bonds is 2. The lowest BCUT2D eigenvalue weighted by Crippen LogP contribution is -2.05. The van der Waals surface area contributed by atoms with Crippen LogP contribution in [0.2, 0.25) is 0 Å². The Morgan fingerprint density at radius 1 is 1.41 bits per heavy atom. The van der Waals surface area contributed by atoms with Crippen LogP contribution in [0.1, 0.15) is 10.4 Å². The van der Waals surface area contributed by atoms with Crippen LogP contribution < -0.4 is 5.32 Å². The number of hydrogen-bond acceptors (Lipinski definition) is 4. The summed E-state index contributed by atoms with van der Waals surface area (Å²) < 4.78 is 17.8. The number of carbonyl (C=O) groups is 1. The molecule has 1 N–H and O–H groups in total. The highest BCUT2D eigenvalue weighted by atomic mass is 19.1. The molecule has 88 valence electrons. The van der Waals surface area contributed by atoms with Crippen molar-refractivity contribution in [3.8, 4) is 0 Å². The molecule has 2 aromatic rings. The van der Waals surface area contributed by atoms with Gasteiger partial charge in [-0.25, -0.2) is 14.2 Å². The van der Waals surface area contributed by atoms with Crippen LogP contribution in [0.4, 0.5) is 10.2 Å². The molecular formula is C12H11FN2O2. The smallest absolute Gasteiger partial charge is 0.338 e. The van der Waals surface area contributed by atoms with Gasteiger partial charge in [0.05, 0.1) is 18.2 Å². The van der Waals surface area contributed by atoms with E-state index >= 15 is 0 Å². The van der Waals surface area contributed by atoms with Crippen molar-refractivity contribution in [1.82, 2.24) is 4.98 Å². The van der Waals surface area contributed by atoms with Gasteiger partial charge < -0.3 is 10.1 Å². The van der Waals surface area contributed by atoms with Crippen LogP contribution in [-0.2, 0) is 4.74 Å². The van der Waals surface area contributed by atoms with Crippen molar-refractivity contribution in [2.45, 2.75) is 0 Å². The van der Waals surface area contributed by atoms with Gasteiger partial charge in [-0.2, -0.15) is 0 Å². The number of benzene rings is 1. The summed E-state index contributed by atoms with van der Waals surface area (Å²) >= 11 is 0. The summed E-state index contributed by atoms with van der Waals surface area (Å²) in [6, 6.07) is 5.63. The minimum atomic E-state index is -0.514. The van der Waals surface area contributed by atoms with Gasteiger partial charge in [0.2, 0.25) is 0 Å². The number of methoxy groups -OCH3 is 1. The molecule has 0 saturated carbocycles. The van der Waals surface area contributed by atoms with Gasteiger partial charge in [-0.3, -0.25) is 0 Å². The van der Waals surface area contributed by atoms with E-state index in [4.69, 9.17) is 0 Å². The zero-order valence-electron chi connectivity index (χ0n) is 9.45. The van der Waals surface area contributed by atoms with Gasteiger partial charge in [0.15, 0.2) is 0 Å². The maximum absolute atomic E-state index is 13.2. The number of hydrogen-bond donors (Lipinski definition) is 1. The standard InChI is InChI=1S/C12H11FN2O2/c1-14-11-6-9(12(16)17-2)8-5-7(13)3-4-10(8)15-11/h3-6H,1-2H3,(H,14,15). The lowest BCUT2D eigenvalue weighted by molar-refractivity contribution is 0.0603. The fraction of sp³-hybridized carbons (Fsp3) is 0.167. The topological polar surface area (TPSA) is 51.2 Å². The first kappa shape index (κ1) is 11.3. The minimum Gasteiger partial charge on any atom is -0.465 e. The van der Waals surface area contributed by atoms with Crippen molar-refractivity contribution in [1.29, 1.82) is 0 Å². The van der Waals surface area contributed by atoms with E-state index in [-0.39, 0.29) is 0 Å². The fourth-order valence-electron chi connectivity index (χ4n) is 1.60. The molecule has 0 spiro atoms. The van der Waals surface area contributed by atoms with E-state index in [1.165, 1.54) is 31.4 Å². The lowest BCUT2D eigenvalue weighted by Gasteiger charge is -2.07. The van der Waals surface area contributed by atoms with Crippen molar-refractivity contribution in [3.05, 3.63) is 35.6 Å². The summed E-state index contributed by atoms with van der Waals surface area (Å²) in [6.45, 7) is 0. The Kier molecular flexibility index (Phi) is 2.91. The Balaban J connectivity index is 2.76. The molecule has 1 aromatic heterocycles. The molecule has 0 atom stereocenters. The second kappa shape index (κ2) is 4.37. The number of carbonyl (C=O) groups excluding carboxylic acids is 1. The highest BCUT2D eigenvalue weighted by Gasteiger charge is 2.13. The third-order valence-electron chi connectivity index (χ3n) is 2.43. The van der Waals surface area contributed by atoms with Crippen LogP contribution in [0.15, 0.2) is 24.3 Å². The number of fused-ring (bicyclic) bond motifs is 1. The van der Waals surface area contributed by atoms with Gasteiger partial charge in [-0.05, 0) is 24.3 Å². The van der Waals surface area contributed by atoms with Gasteiger partial charge in [-0.15, -0.1) is 0 Å². The Morgan fingerprint density at radius 2 is 2.18 bits per heavy atom. The van der Waals surface area contributed by atoms with Crippen molar-refractivity contribution < 1.29 is 13.9 Å². The van der Waals surface area contributed by atoms with E-state index in [1.807, 2.05) is 0 Å². The summed E-state index contributed by atoms with van der Waals surface area (Å²) in [4.78, 5) is 15.8. The largest absolute Gasteiger partial charge is 0.465 e. The van der Waals surface area contributed by atoms with Gasteiger partial charge >= 0.3 is 5.97 Å². The highest BCUT2D eigenvalue weighted by molar-refractivity contribution is 6.04. The Labute approximate surface area is 97.4 Å². The number of esters is 1. The summed E-state index contributed by atoms with van der Waals surface area (Å²) in [5, 5.41) is 3.28. The molecule has 17 heavy (non-hydrogen) atoms. The number of anilines is 1. The van der Waals surface area contributed by atoms with Crippen LogP contribution in [0, 0.1) is 5.82 Å². The number of nitrogens with one attached hydrogen (secondary N) is 1. The van der Waals surface area contributed by atoms with Crippen molar-refractivity contribution in [3.63, 3.8) is 0 Å². The average molecular weight is 234 g/mol. The molecule has 1 heterocycles. The molecule has 0 unspecified atom stereocenters. The maximum atomic E-state index is 13.2. The molecule has 0 aliphatic heterocycles. The van der Waals surface area contributed by atoms with Gasteiger partial charge in [0, 0.05) is 12.4 Å². The third-order valence-corrected chi connectivity index (χ3v) is 2.43. The molecule has 0 bridgehead atoms. The monoisotopic (exact) mass is 234 g/mol. The molecule has 0 radical (unpaired) electrons. The van der Waals surface area contributed by atoms with Crippen LogP contribution in [0.5, 0.6) is 0 Å². The molecule has 5 heteroatoms. The summed E-state index contributed by atoms with van der Waals surface area (Å²) in [6.07, 6.45) is 0. The highest BCUT2D eigenvalue weighted by Crippen LogP contribution is 2.22. The summed E-state index contributed by atoms with van der Waals surface area (Å²) in [5.74, 6) is -0.398. The molecule has 4 nitrogen and oxygen atoms in total. The first-order valence-electron chi connectivity index (χ1n) is 5.02. The molecule has 0 saturated heterocycles. The maximum Gasteiger partial charge on any atom is 0.338 e. The SMILES string of the molecule is CNc1cc(C(=O)OC)c2cc(F)ccc2n1. The van der Waals surface area contributed by atoms with Crippen LogP contribution in [0.25, 0.3) is 10.9 Å². The van der Waals surface area contributed by atoms with Crippen LogP contribution in [-0.4, -0.2) is 25.1 Å². The number of ether oxygens (including phenoxy) is 1. The minimum absolute atomic E-state index is 0.293. The van der Waals surface area contributed by atoms with E-state index < -0.39 is 11.8 Å². The predicted octanol–water partition coefficient (Wildman–Crippen LogP) is 2.20. The number of halogens is 1. The van der Waals surface area contributed by atoms with Crippen LogP contribution in [0.3, 0.4) is 0 Å². The van der Waals surface area contributed by atoms with Gasteiger partial charge in [-0.1, -0.05) is 0 Å². The first-order chi connectivity index (χ1) is 8.15. The van der Waals surface area contributed by atoms with E-state index in [0.717, 1.165) is 0 Å². The van der Waals surface area contributed by atoms with Gasteiger partial charge in [0.25, 0.3) is 0 Å². The number of nitrogens with zero attached hydrogens (tertiary/aromatic N) is 1. The van der Waals surface area contributed by atoms with E-state index in [9.17, 15) is 9.18 Å². The van der Waals surface area contributed by atoms with Crippen molar-refractivity contribution in [2.24, 2.45) is 0 Å². The van der Waals surface area contributed by atoms with Crippen molar-refractivity contribution in [2.75, 3.05) is 19.5 Å². The quantitative estimate of drug-likeness (QED) is 0.809. The van der Waals surface area contributed by atoms with E-state index in [1.54, 1.807) is 7.05 Å². The van der Waals surface area contributed by atoms with Crippen LogP contribution >= 0.6 is 0 Å². The molecule has 0 aliphatic rings. The Morgan fingerprint density at radius 3 is 2.82 bits per heavy atom. The molecular weight excluding hydrogens is 223 g/mol. The Hall–Kier alpha value is -2.17. The van der Waals surface area contributed by atoms with Gasteiger partial charge in [0.1, 0.15) is 11.6 Å². The molecule has 1 aromatic carbocycles. The lowest BCUT2D eigenvalue weighted by atomic mass is 10.1. The zero-order valence-corrected chi connectivity index (χ0v) is 9.45. The molecule has 0 fully saturated rings. The number of pyridine rings is 1. The second-order valence-corrected chi connectivity index (χ2v) is 3.46. The zero-order chi connectivity index (χ0) is 12.4. The predicted molar refractivity (Wildman–Crippen MR) is 62.6 cm³/mol. The third kappa shape index (κ3) is 2.04. The average Bonchev–Trinajstić information content (AvgIpc) is 2.36. The van der Waals surface area contributed by atoms with E-state index in [0.29, 0.717) is 22.3 Å². The summed E-state index contributed by atoms with van der Waals surface area (Å²) in [7, 11) is 2.98. The van der Waals surface area contributed by atoms with Crippen molar-refractivity contribution >= 4 is 22.7 Å². The first-order valence-corrected chi connectivity index (χ1v) is 5.02.